The number of nitrogens with two attached hydrogens (primary N) is 2. The molecule has 0 saturated heterocycles. The zero-order valence-corrected chi connectivity index (χ0v) is 15.3. The Morgan fingerprint density at radius 3 is 1.79 bits per heavy atom. The van der Waals surface area contributed by atoms with Crippen LogP contribution in [0.15, 0.2) is 84.9 Å². The predicted molar refractivity (Wildman–Crippen MR) is 113 cm³/mol. The zero-order valence-electron chi connectivity index (χ0n) is 15.3. The first-order valence-corrected chi connectivity index (χ1v) is 9.25. The maximum absolute atomic E-state index is 6.47. The van der Waals surface area contributed by atoms with Crippen molar-refractivity contribution in [2.75, 3.05) is 11.5 Å². The smallest absolute Gasteiger partial charge is 0.299 e. The third-order valence-electron chi connectivity index (χ3n) is 5.13. The van der Waals surface area contributed by atoms with Crippen LogP contribution in [0.5, 0.6) is 11.5 Å². The van der Waals surface area contributed by atoms with Gasteiger partial charge in [-0.2, -0.15) is 0 Å². The summed E-state index contributed by atoms with van der Waals surface area (Å²) in [4.78, 5) is 0. The second kappa shape index (κ2) is 6.20. The van der Waals surface area contributed by atoms with Gasteiger partial charge in [0.1, 0.15) is 11.5 Å². The summed E-state index contributed by atoms with van der Waals surface area (Å²) in [7, 11) is 0. The first-order valence-electron chi connectivity index (χ1n) is 9.25. The van der Waals surface area contributed by atoms with Crippen LogP contribution in [0, 0.1) is 0 Å². The van der Waals surface area contributed by atoms with Crippen molar-refractivity contribution in [2.24, 2.45) is 0 Å². The van der Waals surface area contributed by atoms with Crippen molar-refractivity contribution in [3.05, 3.63) is 96.1 Å². The van der Waals surface area contributed by atoms with Crippen LogP contribution in [0.3, 0.4) is 0 Å². The second-order valence-electron chi connectivity index (χ2n) is 7.02. The maximum Gasteiger partial charge on any atom is 0.299 e. The molecule has 138 valence electrons. The molecule has 4 N–H and O–H groups in total. The number of benzene rings is 3. The highest BCUT2D eigenvalue weighted by Gasteiger charge is 2.47. The minimum atomic E-state index is -1.05. The van der Waals surface area contributed by atoms with E-state index in [1.807, 2.05) is 60.7 Å². The van der Waals surface area contributed by atoms with Gasteiger partial charge in [0.15, 0.2) is 0 Å². The molecule has 0 aliphatic heterocycles. The summed E-state index contributed by atoms with van der Waals surface area (Å²) < 4.78 is 12.9. The fourth-order valence-electron chi connectivity index (χ4n) is 3.84. The molecule has 0 radical (unpaired) electrons. The molecular formula is C24H20N2O2. The van der Waals surface area contributed by atoms with Gasteiger partial charge in [-0.1, -0.05) is 30.3 Å². The van der Waals surface area contributed by atoms with Crippen molar-refractivity contribution < 1.29 is 9.47 Å². The molecular weight excluding hydrogens is 348 g/mol. The molecule has 4 heteroatoms. The molecule has 3 aromatic carbocycles. The largest absolute Gasteiger partial charge is 0.445 e. The van der Waals surface area contributed by atoms with Crippen LogP contribution in [0.25, 0.3) is 11.1 Å². The SMILES string of the molecule is Nc1ccc(OC2(Oc3ccc(N)cc3)C=CCC3=C2c2ccccc23)cc1. The highest BCUT2D eigenvalue weighted by atomic mass is 16.7. The lowest BCUT2D eigenvalue weighted by atomic mass is 9.72. The summed E-state index contributed by atoms with van der Waals surface area (Å²) in [5.41, 5.74) is 17.8. The van der Waals surface area contributed by atoms with Crippen LogP contribution in [0.4, 0.5) is 11.4 Å². The number of allylic oxidation sites excluding steroid dienone is 2. The molecule has 0 unspecified atom stereocenters. The van der Waals surface area contributed by atoms with Crippen LogP contribution >= 0.6 is 0 Å². The molecule has 3 aromatic rings. The Morgan fingerprint density at radius 2 is 1.21 bits per heavy atom. The Labute approximate surface area is 163 Å². The molecule has 0 aromatic heterocycles. The van der Waals surface area contributed by atoms with Crippen LogP contribution in [-0.2, 0) is 0 Å². The van der Waals surface area contributed by atoms with E-state index in [2.05, 4.69) is 24.3 Å². The highest BCUT2D eigenvalue weighted by Crippen LogP contribution is 2.52. The fraction of sp³-hybridized carbons (Fsp3) is 0.0833. The van der Waals surface area contributed by atoms with Crippen LogP contribution in [-0.4, -0.2) is 5.79 Å². The molecule has 0 bridgehead atoms. The van der Waals surface area contributed by atoms with E-state index in [9.17, 15) is 0 Å². The van der Waals surface area contributed by atoms with Gasteiger partial charge in [-0.05, 0) is 71.7 Å². The van der Waals surface area contributed by atoms with E-state index >= 15 is 0 Å². The Bertz CT molecular complexity index is 1050. The van der Waals surface area contributed by atoms with Crippen LogP contribution in [0.1, 0.15) is 17.5 Å². The lowest BCUT2D eigenvalue weighted by Crippen LogP contribution is -2.45. The van der Waals surface area contributed by atoms with Crippen molar-refractivity contribution in [2.45, 2.75) is 12.2 Å². The molecule has 0 atom stereocenters. The Balaban J connectivity index is 1.60. The van der Waals surface area contributed by atoms with Gasteiger partial charge in [-0.25, -0.2) is 0 Å². The summed E-state index contributed by atoms with van der Waals surface area (Å²) in [6.07, 6.45) is 4.96. The first kappa shape index (κ1) is 16.5. The lowest BCUT2D eigenvalue weighted by Gasteiger charge is -2.42. The highest BCUT2D eigenvalue weighted by molar-refractivity contribution is 6.08. The van der Waals surface area contributed by atoms with Crippen LogP contribution in [0.2, 0.25) is 0 Å². The quantitative estimate of drug-likeness (QED) is 0.391. The van der Waals surface area contributed by atoms with Gasteiger partial charge in [-0.15, -0.1) is 0 Å². The van der Waals surface area contributed by atoms with Gasteiger partial charge in [0.25, 0.3) is 5.79 Å². The molecule has 4 nitrogen and oxygen atoms in total. The Hall–Kier alpha value is -3.66. The van der Waals surface area contributed by atoms with E-state index < -0.39 is 5.79 Å². The molecule has 0 saturated carbocycles. The Kier molecular flexibility index (Phi) is 3.66. The molecule has 5 rings (SSSR count). The van der Waals surface area contributed by atoms with Gasteiger partial charge >= 0.3 is 0 Å². The summed E-state index contributed by atoms with van der Waals surface area (Å²) >= 11 is 0. The van der Waals surface area contributed by atoms with Crippen LogP contribution < -0.4 is 20.9 Å². The van der Waals surface area contributed by atoms with Crippen molar-refractivity contribution in [3.8, 4) is 11.5 Å². The summed E-state index contributed by atoms with van der Waals surface area (Å²) in [5.74, 6) is 0.327. The first-order chi connectivity index (χ1) is 13.6. The van der Waals surface area contributed by atoms with E-state index in [-0.39, 0.29) is 0 Å². The summed E-state index contributed by atoms with van der Waals surface area (Å²) in [6.45, 7) is 0. The Morgan fingerprint density at radius 1 is 0.679 bits per heavy atom. The summed E-state index contributed by atoms with van der Waals surface area (Å²) in [5, 5.41) is 0. The predicted octanol–water partition coefficient (Wildman–Crippen LogP) is 4.89. The van der Waals surface area contributed by atoms with Crippen molar-refractivity contribution in [1.82, 2.24) is 0 Å². The van der Waals surface area contributed by atoms with Crippen molar-refractivity contribution in [1.29, 1.82) is 0 Å². The number of anilines is 2. The molecule has 0 amide bonds. The standard InChI is InChI=1S/C24H20N2O2/c25-16-7-11-18(12-8-16)27-24(28-19-13-9-17(26)10-14-19)15-3-6-22-20-4-1-2-5-21(20)23(22)24/h1-5,7-15H,6,25-26H2. The molecule has 2 aliphatic carbocycles. The van der Waals surface area contributed by atoms with Gasteiger partial charge in [0.2, 0.25) is 0 Å². The average Bonchev–Trinajstić information content (AvgIpc) is 2.69. The maximum atomic E-state index is 6.47. The third-order valence-corrected chi connectivity index (χ3v) is 5.13. The number of rotatable bonds is 4. The van der Waals surface area contributed by atoms with Gasteiger partial charge in [-0.3, -0.25) is 0 Å². The molecule has 0 heterocycles. The fourth-order valence-corrected chi connectivity index (χ4v) is 3.84. The molecule has 2 aliphatic rings. The number of hydrogen-bond acceptors (Lipinski definition) is 4. The second-order valence-corrected chi connectivity index (χ2v) is 7.02. The number of fused-ring (bicyclic) bond motifs is 3. The molecule has 0 fully saturated rings. The third kappa shape index (κ3) is 2.62. The molecule has 28 heavy (non-hydrogen) atoms. The average molecular weight is 368 g/mol. The van der Waals surface area contributed by atoms with Crippen molar-refractivity contribution in [3.63, 3.8) is 0 Å². The van der Waals surface area contributed by atoms with E-state index in [0.717, 1.165) is 17.6 Å². The zero-order chi connectivity index (χ0) is 19.1. The van der Waals surface area contributed by atoms with E-state index in [0.29, 0.717) is 22.9 Å². The number of nitrogen functional groups attached to an aromatic ring is 2. The molecule has 0 spiro atoms. The minimum absolute atomic E-state index is 0.687. The summed E-state index contributed by atoms with van der Waals surface area (Å²) in [6, 6.07) is 23.1. The van der Waals surface area contributed by atoms with Gasteiger partial charge in [0, 0.05) is 17.5 Å². The number of ether oxygens (including phenoxy) is 2. The normalized spacial score (nSPS) is 16.0. The van der Waals surface area contributed by atoms with E-state index in [1.165, 1.54) is 11.1 Å². The van der Waals surface area contributed by atoms with Gasteiger partial charge in [0.05, 0.1) is 5.57 Å². The van der Waals surface area contributed by atoms with Crippen molar-refractivity contribution >= 4 is 22.5 Å². The monoisotopic (exact) mass is 368 g/mol. The lowest BCUT2D eigenvalue weighted by molar-refractivity contribution is -0.0193. The minimum Gasteiger partial charge on any atom is -0.445 e. The van der Waals surface area contributed by atoms with Gasteiger partial charge < -0.3 is 20.9 Å². The van der Waals surface area contributed by atoms with E-state index in [4.69, 9.17) is 20.9 Å². The van der Waals surface area contributed by atoms with E-state index in [1.54, 1.807) is 0 Å². The number of hydrogen-bond donors (Lipinski definition) is 2. The topological polar surface area (TPSA) is 70.5 Å².